The number of rotatable bonds is 5. The Balaban J connectivity index is 2.72. The molecule has 1 fully saturated rings. The predicted octanol–water partition coefficient (Wildman–Crippen LogP) is 0.114. The lowest BCUT2D eigenvalue weighted by Crippen LogP contribution is -2.52. The minimum absolute atomic E-state index is 0.359. The van der Waals surface area contributed by atoms with E-state index in [1.807, 2.05) is 20.8 Å². The molecule has 0 unspecified atom stereocenters. The Labute approximate surface area is 99.0 Å². The van der Waals surface area contributed by atoms with Crippen LogP contribution in [0.4, 0.5) is 0 Å². The van der Waals surface area contributed by atoms with Crippen LogP contribution in [0, 0.1) is 5.92 Å². The molecule has 6 heteroatoms. The number of nitrogens with one attached hydrogen (secondary N) is 1. The lowest BCUT2D eigenvalue weighted by Gasteiger charge is -2.32. The monoisotopic (exact) mass is 249 g/mol. The van der Waals surface area contributed by atoms with Gasteiger partial charge in [-0.25, -0.2) is 0 Å². The van der Waals surface area contributed by atoms with Gasteiger partial charge in [0.1, 0.15) is 0 Å². The van der Waals surface area contributed by atoms with Crippen LogP contribution in [0.1, 0.15) is 20.8 Å². The third-order valence-electron chi connectivity index (χ3n) is 2.65. The summed E-state index contributed by atoms with van der Waals surface area (Å²) in [4.78, 5) is 0. The molecule has 1 saturated heterocycles. The van der Waals surface area contributed by atoms with Crippen LogP contribution in [0.15, 0.2) is 0 Å². The van der Waals surface area contributed by atoms with Crippen molar-refractivity contribution in [2.24, 2.45) is 5.92 Å². The van der Waals surface area contributed by atoms with Crippen molar-refractivity contribution >= 4 is 10.2 Å². The van der Waals surface area contributed by atoms with Gasteiger partial charge in [0.05, 0.1) is 0 Å². The molecule has 5 nitrogen and oxygen atoms in total. The molecule has 1 aliphatic rings. The molecule has 1 N–H and O–H groups in total. The van der Waals surface area contributed by atoms with Crippen LogP contribution >= 0.6 is 0 Å². The van der Waals surface area contributed by atoms with E-state index in [0.29, 0.717) is 32.1 Å². The zero-order valence-electron chi connectivity index (χ0n) is 10.4. The van der Waals surface area contributed by atoms with Crippen molar-refractivity contribution in [1.29, 1.82) is 0 Å². The molecule has 96 valence electrons. The Morgan fingerprint density at radius 3 is 2.31 bits per heavy atom. The van der Waals surface area contributed by atoms with Gasteiger partial charge in [-0.15, -0.1) is 0 Å². The molecule has 0 aromatic heterocycles. The summed E-state index contributed by atoms with van der Waals surface area (Å²) in [5, 5.41) is 3.16. The summed E-state index contributed by atoms with van der Waals surface area (Å²) in [7, 11) is -3.24. The Kier molecular flexibility index (Phi) is 5.17. The fraction of sp³-hybridized carbons (Fsp3) is 1.00. The van der Waals surface area contributed by atoms with Gasteiger partial charge in [0, 0.05) is 39.3 Å². The van der Waals surface area contributed by atoms with Gasteiger partial charge in [-0.05, 0) is 5.92 Å². The zero-order valence-corrected chi connectivity index (χ0v) is 11.3. The van der Waals surface area contributed by atoms with Gasteiger partial charge in [-0.3, -0.25) is 0 Å². The summed E-state index contributed by atoms with van der Waals surface area (Å²) in [5.41, 5.74) is 0. The number of nitrogens with zero attached hydrogens (tertiary/aromatic N) is 2. The van der Waals surface area contributed by atoms with Crippen molar-refractivity contribution in [3.05, 3.63) is 0 Å². The van der Waals surface area contributed by atoms with Crippen molar-refractivity contribution in [2.75, 3.05) is 39.3 Å². The first-order valence-corrected chi connectivity index (χ1v) is 7.34. The van der Waals surface area contributed by atoms with Crippen LogP contribution in [0.3, 0.4) is 0 Å². The van der Waals surface area contributed by atoms with E-state index in [0.717, 1.165) is 13.1 Å². The van der Waals surface area contributed by atoms with E-state index >= 15 is 0 Å². The van der Waals surface area contributed by atoms with Gasteiger partial charge in [0.15, 0.2) is 0 Å². The Bertz CT molecular complexity index is 297. The van der Waals surface area contributed by atoms with Crippen LogP contribution in [-0.4, -0.2) is 56.3 Å². The third kappa shape index (κ3) is 3.41. The zero-order chi connectivity index (χ0) is 12.2. The lowest BCUT2D eigenvalue weighted by molar-refractivity contribution is 0.302. The Morgan fingerprint density at radius 1 is 1.31 bits per heavy atom. The van der Waals surface area contributed by atoms with Crippen molar-refractivity contribution in [3.63, 3.8) is 0 Å². The molecule has 1 aliphatic heterocycles. The van der Waals surface area contributed by atoms with Gasteiger partial charge in [0.25, 0.3) is 10.2 Å². The molecule has 0 aliphatic carbocycles. The van der Waals surface area contributed by atoms with Crippen molar-refractivity contribution < 1.29 is 8.42 Å². The molecule has 1 rings (SSSR count). The number of hydrogen-bond donors (Lipinski definition) is 1. The van der Waals surface area contributed by atoms with Crippen molar-refractivity contribution in [3.8, 4) is 0 Å². The molecular formula is C10H23N3O2S. The second kappa shape index (κ2) is 5.95. The first-order chi connectivity index (χ1) is 7.48. The molecule has 0 aromatic carbocycles. The van der Waals surface area contributed by atoms with Crippen LogP contribution in [-0.2, 0) is 10.2 Å². The second-order valence-electron chi connectivity index (χ2n) is 4.50. The van der Waals surface area contributed by atoms with E-state index in [-0.39, 0.29) is 0 Å². The van der Waals surface area contributed by atoms with Gasteiger partial charge in [-0.1, -0.05) is 20.8 Å². The fourth-order valence-electron chi connectivity index (χ4n) is 1.83. The molecule has 1 heterocycles. The van der Waals surface area contributed by atoms with E-state index in [1.54, 1.807) is 8.61 Å². The second-order valence-corrected chi connectivity index (χ2v) is 6.43. The van der Waals surface area contributed by atoms with E-state index < -0.39 is 10.2 Å². The first kappa shape index (κ1) is 13.9. The maximum atomic E-state index is 12.3. The highest BCUT2D eigenvalue weighted by Crippen LogP contribution is 2.11. The topological polar surface area (TPSA) is 52.7 Å². The van der Waals surface area contributed by atoms with Crippen LogP contribution in [0.25, 0.3) is 0 Å². The Hall–Kier alpha value is -0.170. The molecule has 0 saturated carbocycles. The summed E-state index contributed by atoms with van der Waals surface area (Å²) < 4.78 is 27.7. The van der Waals surface area contributed by atoms with Crippen molar-refractivity contribution in [1.82, 2.24) is 13.9 Å². The molecule has 0 bridgehead atoms. The summed E-state index contributed by atoms with van der Waals surface area (Å²) in [6.45, 7) is 9.77. The SMILES string of the molecule is CCN(CC(C)C)S(=O)(=O)N1CCNCC1. The average Bonchev–Trinajstić information content (AvgIpc) is 2.26. The molecule has 0 atom stereocenters. The van der Waals surface area contributed by atoms with Gasteiger partial charge in [-0.2, -0.15) is 17.0 Å². The van der Waals surface area contributed by atoms with Gasteiger partial charge >= 0.3 is 0 Å². The van der Waals surface area contributed by atoms with E-state index in [2.05, 4.69) is 5.32 Å². The molecular weight excluding hydrogens is 226 g/mol. The molecule has 0 amide bonds. The van der Waals surface area contributed by atoms with Crippen LogP contribution < -0.4 is 5.32 Å². The van der Waals surface area contributed by atoms with Crippen LogP contribution in [0.2, 0.25) is 0 Å². The third-order valence-corrected chi connectivity index (χ3v) is 4.73. The van der Waals surface area contributed by atoms with E-state index in [4.69, 9.17) is 0 Å². The van der Waals surface area contributed by atoms with E-state index in [1.165, 1.54) is 0 Å². The largest absolute Gasteiger partial charge is 0.314 e. The maximum absolute atomic E-state index is 12.3. The highest BCUT2D eigenvalue weighted by Gasteiger charge is 2.29. The highest BCUT2D eigenvalue weighted by molar-refractivity contribution is 7.86. The number of piperazine rings is 1. The quantitative estimate of drug-likeness (QED) is 0.752. The summed E-state index contributed by atoms with van der Waals surface area (Å²) in [5.74, 6) is 0.359. The summed E-state index contributed by atoms with van der Waals surface area (Å²) in [6, 6.07) is 0. The highest BCUT2D eigenvalue weighted by atomic mass is 32.2. The molecule has 16 heavy (non-hydrogen) atoms. The van der Waals surface area contributed by atoms with Gasteiger partial charge in [0.2, 0.25) is 0 Å². The molecule has 0 spiro atoms. The van der Waals surface area contributed by atoms with Crippen LogP contribution in [0.5, 0.6) is 0 Å². The normalized spacial score (nSPS) is 19.6. The average molecular weight is 249 g/mol. The smallest absolute Gasteiger partial charge is 0.282 e. The summed E-state index contributed by atoms with van der Waals surface area (Å²) in [6.07, 6.45) is 0. The fourth-order valence-corrected chi connectivity index (χ4v) is 3.62. The minimum Gasteiger partial charge on any atom is -0.314 e. The summed E-state index contributed by atoms with van der Waals surface area (Å²) >= 11 is 0. The minimum atomic E-state index is -3.24. The van der Waals surface area contributed by atoms with E-state index in [9.17, 15) is 8.42 Å². The lowest BCUT2D eigenvalue weighted by atomic mass is 10.2. The Morgan fingerprint density at radius 2 is 1.88 bits per heavy atom. The first-order valence-electron chi connectivity index (χ1n) is 5.94. The predicted molar refractivity (Wildman–Crippen MR) is 65.4 cm³/mol. The maximum Gasteiger partial charge on any atom is 0.282 e. The number of hydrogen-bond acceptors (Lipinski definition) is 3. The standard InChI is InChI=1S/C10H23N3O2S/c1-4-12(9-10(2)3)16(14,15)13-7-5-11-6-8-13/h10-11H,4-9H2,1-3H3. The molecule has 0 aromatic rings. The van der Waals surface area contributed by atoms with Gasteiger partial charge < -0.3 is 5.32 Å². The van der Waals surface area contributed by atoms with Crippen molar-refractivity contribution in [2.45, 2.75) is 20.8 Å². The molecule has 0 radical (unpaired) electrons.